The van der Waals surface area contributed by atoms with E-state index < -0.39 is 0 Å². The van der Waals surface area contributed by atoms with Crippen molar-refractivity contribution in [3.63, 3.8) is 0 Å². The molecule has 0 amide bonds. The number of nitrogens with one attached hydrogen (secondary N) is 1. The first-order valence-corrected chi connectivity index (χ1v) is 5.33. The molecule has 1 unspecified atom stereocenters. The van der Waals surface area contributed by atoms with Gasteiger partial charge < -0.3 is 20.5 Å². The molecule has 0 aliphatic rings. The molecule has 0 radical (unpaired) electrons. The predicted molar refractivity (Wildman–Crippen MR) is 66.9 cm³/mol. The predicted octanol–water partition coefficient (Wildman–Crippen LogP) is 1.97. The number of hydrogen-bond acceptors (Lipinski definition) is 4. The van der Waals surface area contributed by atoms with Crippen LogP contribution < -0.4 is 15.8 Å². The third kappa shape index (κ3) is 3.62. The Morgan fingerprint density at radius 2 is 2.12 bits per heavy atom. The molecule has 0 saturated heterocycles. The number of benzene rings is 1. The van der Waals surface area contributed by atoms with Crippen molar-refractivity contribution >= 4 is 11.4 Å². The number of rotatable bonds is 6. The van der Waals surface area contributed by atoms with Crippen LogP contribution in [0.2, 0.25) is 0 Å². The molecule has 4 nitrogen and oxygen atoms in total. The minimum atomic E-state index is 0.440. The average Bonchev–Trinajstić information content (AvgIpc) is 2.28. The van der Waals surface area contributed by atoms with Gasteiger partial charge in [-0.2, -0.15) is 0 Å². The summed E-state index contributed by atoms with van der Waals surface area (Å²) in [7, 11) is 3.35. The summed E-state index contributed by atoms with van der Waals surface area (Å²) in [5, 5.41) is 3.29. The lowest BCUT2D eigenvalue weighted by Gasteiger charge is -2.14. The molecule has 0 heterocycles. The number of hydrogen-bond donors (Lipinski definition) is 2. The lowest BCUT2D eigenvalue weighted by molar-refractivity contribution is 0.164. The third-order valence-corrected chi connectivity index (χ3v) is 2.35. The first kappa shape index (κ1) is 12.6. The highest BCUT2D eigenvalue weighted by molar-refractivity contribution is 5.68. The van der Waals surface area contributed by atoms with Crippen molar-refractivity contribution in [1.29, 1.82) is 0 Å². The van der Waals surface area contributed by atoms with Gasteiger partial charge in [-0.1, -0.05) is 6.92 Å². The van der Waals surface area contributed by atoms with Crippen LogP contribution in [-0.2, 0) is 4.74 Å². The first-order valence-electron chi connectivity index (χ1n) is 5.33. The van der Waals surface area contributed by atoms with E-state index in [1.54, 1.807) is 14.2 Å². The second-order valence-corrected chi connectivity index (χ2v) is 3.89. The molecular weight excluding hydrogens is 204 g/mol. The minimum absolute atomic E-state index is 0.440. The van der Waals surface area contributed by atoms with Gasteiger partial charge in [0.25, 0.3) is 0 Å². The maximum atomic E-state index is 5.86. The molecule has 0 saturated carbocycles. The summed E-state index contributed by atoms with van der Waals surface area (Å²) in [4.78, 5) is 0. The first-order chi connectivity index (χ1) is 7.67. The van der Waals surface area contributed by atoms with Crippen LogP contribution in [0.25, 0.3) is 0 Å². The maximum Gasteiger partial charge on any atom is 0.121 e. The van der Waals surface area contributed by atoms with E-state index in [-0.39, 0.29) is 0 Å². The highest BCUT2D eigenvalue weighted by Crippen LogP contribution is 2.24. The molecular formula is C12H20N2O2. The Morgan fingerprint density at radius 1 is 1.38 bits per heavy atom. The molecule has 90 valence electrons. The van der Waals surface area contributed by atoms with E-state index in [1.165, 1.54) is 0 Å². The Morgan fingerprint density at radius 3 is 2.75 bits per heavy atom. The van der Waals surface area contributed by atoms with E-state index in [4.69, 9.17) is 15.2 Å². The monoisotopic (exact) mass is 224 g/mol. The zero-order chi connectivity index (χ0) is 12.0. The smallest absolute Gasteiger partial charge is 0.121 e. The molecule has 3 N–H and O–H groups in total. The van der Waals surface area contributed by atoms with E-state index in [0.29, 0.717) is 5.92 Å². The van der Waals surface area contributed by atoms with Crippen molar-refractivity contribution in [3.8, 4) is 5.75 Å². The van der Waals surface area contributed by atoms with Gasteiger partial charge in [-0.05, 0) is 18.1 Å². The van der Waals surface area contributed by atoms with Crippen LogP contribution in [-0.4, -0.2) is 27.4 Å². The Labute approximate surface area is 96.7 Å². The number of methoxy groups -OCH3 is 2. The zero-order valence-electron chi connectivity index (χ0n) is 10.1. The normalized spacial score (nSPS) is 12.2. The summed E-state index contributed by atoms with van der Waals surface area (Å²) in [6, 6.07) is 5.58. The maximum absolute atomic E-state index is 5.86. The van der Waals surface area contributed by atoms with Crippen molar-refractivity contribution in [2.75, 3.05) is 38.4 Å². The molecule has 0 fully saturated rings. The largest absolute Gasteiger partial charge is 0.497 e. The lowest BCUT2D eigenvalue weighted by Crippen LogP contribution is -2.16. The Balaban J connectivity index is 2.58. The summed E-state index contributed by atoms with van der Waals surface area (Å²) >= 11 is 0. The molecule has 1 atom stereocenters. The van der Waals surface area contributed by atoms with Gasteiger partial charge in [0.15, 0.2) is 0 Å². The van der Waals surface area contributed by atoms with Crippen LogP contribution in [0.1, 0.15) is 6.92 Å². The van der Waals surface area contributed by atoms with E-state index >= 15 is 0 Å². The van der Waals surface area contributed by atoms with Crippen LogP contribution in [0.3, 0.4) is 0 Å². The van der Waals surface area contributed by atoms with Gasteiger partial charge in [-0.15, -0.1) is 0 Å². The van der Waals surface area contributed by atoms with Crippen LogP contribution in [0.5, 0.6) is 5.75 Å². The van der Waals surface area contributed by atoms with Crippen molar-refractivity contribution in [3.05, 3.63) is 18.2 Å². The molecule has 1 rings (SSSR count). The highest BCUT2D eigenvalue weighted by atomic mass is 16.5. The second kappa shape index (κ2) is 6.23. The summed E-state index contributed by atoms with van der Waals surface area (Å²) in [6.45, 7) is 3.68. The van der Waals surface area contributed by atoms with Crippen LogP contribution in [0.15, 0.2) is 18.2 Å². The number of anilines is 2. The van der Waals surface area contributed by atoms with Crippen LogP contribution >= 0.6 is 0 Å². The molecule has 16 heavy (non-hydrogen) atoms. The van der Waals surface area contributed by atoms with E-state index in [2.05, 4.69) is 12.2 Å². The van der Waals surface area contributed by atoms with Crippen molar-refractivity contribution in [2.24, 2.45) is 5.92 Å². The highest BCUT2D eigenvalue weighted by Gasteiger charge is 2.04. The van der Waals surface area contributed by atoms with Gasteiger partial charge in [0.05, 0.1) is 25.1 Å². The fourth-order valence-corrected chi connectivity index (χ4v) is 1.44. The van der Waals surface area contributed by atoms with Gasteiger partial charge in [0, 0.05) is 19.7 Å². The Kier molecular flexibility index (Phi) is 4.92. The molecule has 1 aromatic rings. The van der Waals surface area contributed by atoms with Gasteiger partial charge in [-0.3, -0.25) is 0 Å². The van der Waals surface area contributed by atoms with Crippen molar-refractivity contribution in [2.45, 2.75) is 6.92 Å². The third-order valence-electron chi connectivity index (χ3n) is 2.35. The molecule has 0 aliphatic carbocycles. The van der Waals surface area contributed by atoms with Gasteiger partial charge in [0.2, 0.25) is 0 Å². The molecule has 1 aromatic carbocycles. The van der Waals surface area contributed by atoms with Gasteiger partial charge in [0.1, 0.15) is 5.75 Å². The lowest BCUT2D eigenvalue weighted by atomic mass is 10.2. The van der Waals surface area contributed by atoms with E-state index in [0.717, 1.165) is 30.3 Å². The number of ether oxygens (including phenoxy) is 2. The molecule has 0 aromatic heterocycles. The van der Waals surface area contributed by atoms with Gasteiger partial charge in [-0.25, -0.2) is 0 Å². The number of nitrogens with two attached hydrogens (primary N) is 1. The minimum Gasteiger partial charge on any atom is -0.497 e. The zero-order valence-corrected chi connectivity index (χ0v) is 10.1. The fourth-order valence-electron chi connectivity index (χ4n) is 1.44. The summed E-state index contributed by atoms with van der Waals surface area (Å²) in [5.74, 6) is 1.24. The molecule has 4 heteroatoms. The number of nitrogen functional groups attached to an aromatic ring is 1. The van der Waals surface area contributed by atoms with Crippen molar-refractivity contribution < 1.29 is 9.47 Å². The second-order valence-electron chi connectivity index (χ2n) is 3.89. The summed E-state index contributed by atoms with van der Waals surface area (Å²) in [5.41, 5.74) is 7.49. The Hall–Kier alpha value is -1.42. The summed E-state index contributed by atoms with van der Waals surface area (Å²) in [6.07, 6.45) is 0. The topological polar surface area (TPSA) is 56.5 Å². The standard InChI is InChI=1S/C12H20N2O2/c1-9(8-15-2)7-14-12-6-10(16-3)4-5-11(12)13/h4-6,9,14H,7-8,13H2,1-3H3. The van der Waals surface area contributed by atoms with Crippen LogP contribution in [0, 0.1) is 5.92 Å². The average molecular weight is 224 g/mol. The van der Waals surface area contributed by atoms with Crippen LogP contribution in [0.4, 0.5) is 11.4 Å². The molecule has 0 spiro atoms. The van der Waals surface area contributed by atoms with E-state index in [1.807, 2.05) is 18.2 Å². The van der Waals surface area contributed by atoms with Gasteiger partial charge >= 0.3 is 0 Å². The Bertz CT molecular complexity index is 329. The summed E-state index contributed by atoms with van der Waals surface area (Å²) < 4.78 is 10.2. The van der Waals surface area contributed by atoms with Crippen molar-refractivity contribution in [1.82, 2.24) is 0 Å². The quantitative estimate of drug-likeness (QED) is 0.725. The van der Waals surface area contributed by atoms with E-state index in [9.17, 15) is 0 Å². The molecule has 0 aliphatic heterocycles. The fraction of sp³-hybridized carbons (Fsp3) is 0.500. The SMILES string of the molecule is COCC(C)CNc1cc(OC)ccc1N. The molecule has 0 bridgehead atoms.